The lowest BCUT2D eigenvalue weighted by molar-refractivity contribution is 0.0325. The van der Waals surface area contributed by atoms with Gasteiger partial charge >= 0.3 is 0 Å². The van der Waals surface area contributed by atoms with Crippen molar-refractivity contribution in [3.05, 3.63) is 78.0 Å². The van der Waals surface area contributed by atoms with E-state index in [2.05, 4.69) is 21.0 Å². The quantitative estimate of drug-likeness (QED) is 0.555. The average molecular weight is 515 g/mol. The molecule has 1 saturated heterocycles. The number of nitrogen functional groups attached to an aromatic ring is 1. The van der Waals surface area contributed by atoms with Crippen LogP contribution in [0.5, 0.6) is 5.75 Å². The van der Waals surface area contributed by atoms with Gasteiger partial charge in [0.1, 0.15) is 23.9 Å². The van der Waals surface area contributed by atoms with Crippen LogP contribution in [0.15, 0.2) is 61.2 Å². The van der Waals surface area contributed by atoms with Crippen molar-refractivity contribution < 1.29 is 14.3 Å². The number of amides is 2. The lowest BCUT2D eigenvalue weighted by Crippen LogP contribution is -2.50. The number of piperidine rings is 1. The number of aromatic nitrogens is 3. The summed E-state index contributed by atoms with van der Waals surface area (Å²) in [6.45, 7) is 2.70. The molecule has 2 aliphatic rings. The minimum Gasteiger partial charge on any atom is -0.491 e. The Bertz CT molecular complexity index is 1260. The molecule has 1 spiro atoms. The number of benzene rings is 1. The van der Waals surface area contributed by atoms with Crippen LogP contribution in [0.3, 0.4) is 0 Å². The summed E-state index contributed by atoms with van der Waals surface area (Å²) in [6, 6.07) is 11.5. The summed E-state index contributed by atoms with van der Waals surface area (Å²) >= 11 is 0. The van der Waals surface area contributed by atoms with Crippen LogP contribution in [0.1, 0.15) is 58.5 Å². The fourth-order valence-corrected chi connectivity index (χ4v) is 5.60. The lowest BCUT2D eigenvalue weighted by Gasteiger charge is -2.45. The molecule has 2 N–H and O–H groups in total. The molecule has 1 aromatic carbocycles. The lowest BCUT2D eigenvalue weighted by atomic mass is 9.73. The third kappa shape index (κ3) is 5.93. The predicted octanol–water partition coefficient (Wildman–Crippen LogP) is 3.62. The summed E-state index contributed by atoms with van der Waals surface area (Å²) in [6.07, 6.45) is 11.9. The van der Waals surface area contributed by atoms with E-state index in [1.807, 2.05) is 28.0 Å². The smallest absolute Gasteiger partial charge is 0.274 e. The van der Waals surface area contributed by atoms with E-state index < -0.39 is 0 Å². The van der Waals surface area contributed by atoms with Crippen molar-refractivity contribution >= 4 is 17.6 Å². The largest absolute Gasteiger partial charge is 0.491 e. The molecule has 0 radical (unpaired) electrons. The topological polar surface area (TPSA) is 115 Å². The summed E-state index contributed by atoms with van der Waals surface area (Å²) in [4.78, 5) is 42.8. The number of nitrogens with zero attached hydrogens (tertiary/aromatic N) is 5. The van der Waals surface area contributed by atoms with E-state index in [0.29, 0.717) is 49.9 Å². The van der Waals surface area contributed by atoms with Gasteiger partial charge < -0.3 is 20.3 Å². The summed E-state index contributed by atoms with van der Waals surface area (Å²) in [5.74, 6) is 1.06. The summed E-state index contributed by atoms with van der Waals surface area (Å²) in [7, 11) is 0. The molecule has 0 aliphatic carbocycles. The van der Waals surface area contributed by atoms with E-state index in [4.69, 9.17) is 10.5 Å². The normalized spacial score (nSPS) is 18.0. The molecule has 4 heterocycles. The molecule has 38 heavy (non-hydrogen) atoms. The van der Waals surface area contributed by atoms with Crippen LogP contribution in [0.2, 0.25) is 0 Å². The average Bonchev–Trinajstić information content (AvgIpc) is 2.95. The molecule has 2 amide bonds. The Balaban J connectivity index is 1.36. The van der Waals surface area contributed by atoms with E-state index >= 15 is 0 Å². The first-order chi connectivity index (χ1) is 18.5. The zero-order valence-corrected chi connectivity index (χ0v) is 21.6. The van der Waals surface area contributed by atoms with Crippen molar-refractivity contribution in [2.24, 2.45) is 5.41 Å². The predicted molar refractivity (Wildman–Crippen MR) is 144 cm³/mol. The number of nitrogens with two attached hydrogens (primary N) is 1. The number of likely N-dealkylation sites (tertiary alicyclic amines) is 1. The zero-order chi connectivity index (χ0) is 26.4. The number of anilines is 1. The Labute approximate surface area is 223 Å². The van der Waals surface area contributed by atoms with Gasteiger partial charge in [0.25, 0.3) is 11.8 Å². The third-order valence-corrected chi connectivity index (χ3v) is 7.73. The van der Waals surface area contributed by atoms with Crippen LogP contribution in [-0.4, -0.2) is 69.4 Å². The molecule has 5 rings (SSSR count). The standard InChI is InChI=1S/C29H34N6O3/c30-26-19-23(8-12-33-26)27(36)34-15-10-29(11-16-34)9-4-3-6-22-5-1-2-7-25(22)38-18-17-35(21-29)28(37)24-20-31-13-14-32-24/h1-2,5,7-8,12-14,19-20H,3-4,6,9-11,15-18,21H2,(H2,30,33). The minimum absolute atomic E-state index is 0.0281. The number of para-hydroxylation sites is 1. The number of carbonyl (C=O) groups is 2. The summed E-state index contributed by atoms with van der Waals surface area (Å²) in [5, 5.41) is 0. The first-order valence-corrected chi connectivity index (χ1v) is 13.3. The maximum atomic E-state index is 13.6. The number of aryl methyl sites for hydroxylation is 1. The molecule has 9 nitrogen and oxygen atoms in total. The molecule has 0 saturated carbocycles. The number of pyridine rings is 1. The maximum Gasteiger partial charge on any atom is 0.274 e. The molecule has 0 bridgehead atoms. The Morgan fingerprint density at radius 2 is 1.74 bits per heavy atom. The molecule has 198 valence electrons. The second-order valence-corrected chi connectivity index (χ2v) is 10.2. The second kappa shape index (κ2) is 11.6. The van der Waals surface area contributed by atoms with Gasteiger partial charge in [-0.05, 0) is 61.3 Å². The van der Waals surface area contributed by atoms with Crippen LogP contribution in [0.4, 0.5) is 5.82 Å². The van der Waals surface area contributed by atoms with Crippen LogP contribution in [-0.2, 0) is 6.42 Å². The molecule has 2 aliphatic heterocycles. The van der Waals surface area contributed by atoms with Gasteiger partial charge in [0.15, 0.2) is 0 Å². The number of ether oxygens (including phenoxy) is 1. The molecule has 1 fully saturated rings. The number of hydrogen-bond donors (Lipinski definition) is 1. The maximum absolute atomic E-state index is 13.6. The first kappa shape index (κ1) is 25.6. The summed E-state index contributed by atoms with van der Waals surface area (Å²) in [5.41, 5.74) is 7.80. The highest BCUT2D eigenvalue weighted by molar-refractivity contribution is 5.95. The number of carbonyl (C=O) groups excluding carboxylic acids is 2. The number of fused-ring (bicyclic) bond motifs is 1. The second-order valence-electron chi connectivity index (χ2n) is 10.2. The molecular weight excluding hydrogens is 480 g/mol. The fraction of sp³-hybridized carbons (Fsp3) is 0.414. The Kier molecular flexibility index (Phi) is 7.81. The zero-order valence-electron chi connectivity index (χ0n) is 21.6. The highest BCUT2D eigenvalue weighted by Crippen LogP contribution is 2.39. The van der Waals surface area contributed by atoms with E-state index in [-0.39, 0.29) is 17.2 Å². The van der Waals surface area contributed by atoms with Crippen molar-refractivity contribution in [3.63, 3.8) is 0 Å². The van der Waals surface area contributed by atoms with Crippen molar-refractivity contribution in [2.75, 3.05) is 38.5 Å². The van der Waals surface area contributed by atoms with Crippen molar-refractivity contribution in [1.82, 2.24) is 24.8 Å². The van der Waals surface area contributed by atoms with E-state index in [0.717, 1.165) is 44.3 Å². The molecular formula is C29H34N6O3. The van der Waals surface area contributed by atoms with Crippen LogP contribution >= 0.6 is 0 Å². The van der Waals surface area contributed by atoms with Crippen molar-refractivity contribution in [1.29, 1.82) is 0 Å². The van der Waals surface area contributed by atoms with Crippen LogP contribution in [0.25, 0.3) is 0 Å². The fourth-order valence-electron chi connectivity index (χ4n) is 5.60. The highest BCUT2D eigenvalue weighted by atomic mass is 16.5. The van der Waals surface area contributed by atoms with Gasteiger partial charge in [-0.15, -0.1) is 0 Å². The van der Waals surface area contributed by atoms with Crippen LogP contribution < -0.4 is 10.5 Å². The molecule has 3 aromatic rings. The Hall–Kier alpha value is -4.01. The van der Waals surface area contributed by atoms with Gasteiger partial charge in [0.2, 0.25) is 0 Å². The SMILES string of the molecule is Nc1cc(C(=O)N2CCC3(CCCCc4ccccc4OCCN(C(=O)c4cnccn4)C3)CC2)ccn1. The number of hydrogen-bond acceptors (Lipinski definition) is 7. The Morgan fingerprint density at radius 1 is 0.895 bits per heavy atom. The van der Waals surface area contributed by atoms with Gasteiger partial charge in [-0.3, -0.25) is 14.6 Å². The van der Waals surface area contributed by atoms with Gasteiger partial charge in [-0.25, -0.2) is 9.97 Å². The van der Waals surface area contributed by atoms with Crippen molar-refractivity contribution in [2.45, 2.75) is 38.5 Å². The van der Waals surface area contributed by atoms with E-state index in [1.54, 1.807) is 30.7 Å². The van der Waals surface area contributed by atoms with Gasteiger partial charge in [-0.1, -0.05) is 24.6 Å². The Morgan fingerprint density at radius 3 is 2.53 bits per heavy atom. The summed E-state index contributed by atoms with van der Waals surface area (Å²) < 4.78 is 6.16. The number of rotatable bonds is 2. The van der Waals surface area contributed by atoms with Crippen molar-refractivity contribution in [3.8, 4) is 5.75 Å². The van der Waals surface area contributed by atoms with Gasteiger partial charge in [0.05, 0.1) is 12.7 Å². The first-order valence-electron chi connectivity index (χ1n) is 13.3. The minimum atomic E-state index is -0.141. The molecule has 0 atom stereocenters. The molecule has 0 unspecified atom stereocenters. The van der Waals surface area contributed by atoms with E-state index in [9.17, 15) is 9.59 Å². The molecule has 9 heteroatoms. The van der Waals surface area contributed by atoms with Gasteiger partial charge in [-0.2, -0.15) is 0 Å². The van der Waals surface area contributed by atoms with Crippen LogP contribution in [0, 0.1) is 5.41 Å². The third-order valence-electron chi connectivity index (χ3n) is 7.73. The highest BCUT2D eigenvalue weighted by Gasteiger charge is 2.38. The molecule has 2 aromatic heterocycles. The van der Waals surface area contributed by atoms with E-state index in [1.165, 1.54) is 11.8 Å². The van der Waals surface area contributed by atoms with Gasteiger partial charge in [0, 0.05) is 43.8 Å². The monoisotopic (exact) mass is 514 g/mol.